The van der Waals surface area contributed by atoms with E-state index in [1.54, 1.807) is 11.9 Å². The van der Waals surface area contributed by atoms with E-state index in [4.69, 9.17) is 0 Å². The van der Waals surface area contributed by atoms with E-state index in [1.807, 2.05) is 24.3 Å². The minimum atomic E-state index is -1.14. The molecule has 5 rings (SSSR count). The van der Waals surface area contributed by atoms with Crippen LogP contribution in [-0.2, 0) is 13.0 Å². The van der Waals surface area contributed by atoms with Crippen LogP contribution in [-0.4, -0.2) is 32.9 Å². The van der Waals surface area contributed by atoms with E-state index >= 15 is 0 Å². The second-order valence-corrected chi connectivity index (χ2v) is 8.45. The maximum absolute atomic E-state index is 14.0. The van der Waals surface area contributed by atoms with E-state index in [2.05, 4.69) is 0 Å². The molecule has 2 aromatic carbocycles. The largest absolute Gasteiger partial charge is 0.502 e. The fraction of sp³-hybridized carbons (Fsp3) is 0.240. The van der Waals surface area contributed by atoms with Gasteiger partial charge < -0.3 is 10.0 Å². The molecule has 3 aromatic rings. The topological polar surface area (TPSA) is 82.9 Å². The molecule has 7 nitrogen and oxygen atoms in total. The van der Waals surface area contributed by atoms with Crippen LogP contribution in [0, 0.1) is 17.5 Å². The summed E-state index contributed by atoms with van der Waals surface area (Å²) in [7, 11) is 0. The van der Waals surface area contributed by atoms with Crippen molar-refractivity contribution in [2.45, 2.75) is 32.5 Å². The molecular formula is C25H20F3N3O4. The van der Waals surface area contributed by atoms with Gasteiger partial charge in [-0.3, -0.25) is 24.1 Å². The van der Waals surface area contributed by atoms with E-state index in [9.17, 15) is 32.7 Å². The average molecular weight is 483 g/mol. The van der Waals surface area contributed by atoms with E-state index in [0.717, 1.165) is 11.1 Å². The molecule has 1 atom stereocenters. The molecule has 0 unspecified atom stereocenters. The molecule has 2 aliphatic heterocycles. The van der Waals surface area contributed by atoms with Gasteiger partial charge in [0.2, 0.25) is 5.43 Å². The fourth-order valence-electron chi connectivity index (χ4n) is 4.81. The van der Waals surface area contributed by atoms with E-state index in [0.29, 0.717) is 25.2 Å². The number of carbonyl (C=O) groups excluding carboxylic acids is 2. The molecule has 3 heterocycles. The number of hydrogen-bond donors (Lipinski definition) is 1. The lowest BCUT2D eigenvalue weighted by Gasteiger charge is -2.43. The van der Waals surface area contributed by atoms with Gasteiger partial charge in [-0.05, 0) is 18.9 Å². The van der Waals surface area contributed by atoms with Crippen molar-refractivity contribution in [2.75, 3.05) is 11.6 Å². The van der Waals surface area contributed by atoms with Crippen LogP contribution < -0.4 is 10.4 Å². The first-order valence-electron chi connectivity index (χ1n) is 11.0. The summed E-state index contributed by atoms with van der Waals surface area (Å²) >= 11 is 0. The summed E-state index contributed by atoms with van der Waals surface area (Å²) in [4.78, 5) is 40.6. The highest BCUT2D eigenvalue weighted by molar-refractivity contribution is 6.00. The highest BCUT2D eigenvalue weighted by atomic mass is 19.1. The molecular weight excluding hydrogens is 463 g/mol. The number of hydrogen-bond acceptors (Lipinski definition) is 5. The number of carbonyl (C=O) groups is 2. The summed E-state index contributed by atoms with van der Waals surface area (Å²) in [5, 5.41) is 12.4. The monoisotopic (exact) mass is 483 g/mol. The zero-order valence-electron chi connectivity index (χ0n) is 18.6. The smallest absolute Gasteiger partial charge is 0.278 e. The van der Waals surface area contributed by atoms with Crippen molar-refractivity contribution >= 4 is 11.7 Å². The molecule has 0 radical (unpaired) electrons. The van der Waals surface area contributed by atoms with Crippen LogP contribution in [0.15, 0.2) is 47.4 Å². The molecule has 10 heteroatoms. The number of aromatic nitrogens is 1. The number of ketones is 1. The van der Waals surface area contributed by atoms with Crippen LogP contribution in [0.3, 0.4) is 0 Å². The lowest BCUT2D eigenvalue weighted by molar-refractivity contribution is 0.0590. The SMILES string of the molecule is CCN1C(=O)c2c(O)c(=O)c(C(=O)CCc3c(F)cc(F)cc3F)cn2N2Cc3ccccc3[C@@H]12. The number of aromatic hydroxyl groups is 1. The first kappa shape index (κ1) is 22.7. The Kier molecular flexibility index (Phi) is 5.38. The normalized spacial score (nSPS) is 16.2. The van der Waals surface area contributed by atoms with Gasteiger partial charge in [0.05, 0.1) is 12.1 Å². The average Bonchev–Trinajstić information content (AvgIpc) is 3.20. The van der Waals surface area contributed by atoms with E-state index in [-0.39, 0.29) is 5.69 Å². The summed E-state index contributed by atoms with van der Waals surface area (Å²) in [6, 6.07) is 8.54. The molecule has 2 aliphatic rings. The van der Waals surface area contributed by atoms with Gasteiger partial charge in [-0.15, -0.1) is 0 Å². The Bertz CT molecular complexity index is 1430. The van der Waals surface area contributed by atoms with Gasteiger partial charge in [0.1, 0.15) is 23.6 Å². The number of Topliss-reactive ketones (excluding diaryl/α,β-unsaturated/α-hetero) is 1. The molecule has 0 fully saturated rings. The number of nitrogens with zero attached hydrogens (tertiary/aromatic N) is 3. The number of benzene rings is 2. The third kappa shape index (κ3) is 3.48. The fourth-order valence-corrected chi connectivity index (χ4v) is 4.81. The second-order valence-electron chi connectivity index (χ2n) is 8.45. The minimum absolute atomic E-state index is 0.256. The Morgan fingerprint density at radius 3 is 2.49 bits per heavy atom. The third-order valence-corrected chi connectivity index (χ3v) is 6.50. The predicted octanol–water partition coefficient (Wildman–Crippen LogP) is 3.41. The molecule has 1 amide bonds. The molecule has 0 saturated heterocycles. The molecule has 180 valence electrons. The number of amides is 1. The van der Waals surface area contributed by atoms with Crippen LogP contribution in [0.5, 0.6) is 5.75 Å². The summed E-state index contributed by atoms with van der Waals surface area (Å²) in [5.41, 5.74) is -0.354. The Balaban J connectivity index is 1.54. The van der Waals surface area contributed by atoms with Gasteiger partial charge in [0.25, 0.3) is 5.91 Å². The Labute approximate surface area is 197 Å². The van der Waals surface area contributed by atoms with E-state index < -0.39 is 70.5 Å². The Hall–Kier alpha value is -4.08. The summed E-state index contributed by atoms with van der Waals surface area (Å²) in [6.07, 6.45) is -0.185. The first-order valence-corrected chi connectivity index (χ1v) is 11.0. The van der Waals surface area contributed by atoms with Crippen LogP contribution in [0.25, 0.3) is 0 Å². The molecule has 1 aromatic heterocycles. The van der Waals surface area contributed by atoms with Crippen molar-refractivity contribution in [1.82, 2.24) is 9.58 Å². The summed E-state index contributed by atoms with van der Waals surface area (Å²) in [5.74, 6) is -5.56. The Morgan fingerprint density at radius 1 is 1.11 bits per heavy atom. The van der Waals surface area contributed by atoms with Gasteiger partial charge >= 0.3 is 0 Å². The van der Waals surface area contributed by atoms with Crippen molar-refractivity contribution in [3.63, 3.8) is 0 Å². The highest BCUT2D eigenvalue weighted by Gasteiger charge is 2.44. The number of halogens is 3. The predicted molar refractivity (Wildman–Crippen MR) is 119 cm³/mol. The van der Waals surface area contributed by atoms with Crippen molar-refractivity contribution < 1.29 is 27.9 Å². The number of rotatable bonds is 5. The first-order chi connectivity index (χ1) is 16.7. The molecule has 0 aliphatic carbocycles. The standard InChI is InChI=1S/C25H20F3N3O4/c1-2-29-24-15-6-4-3-5-13(15)11-31(24)30-12-17(22(33)23(34)21(30)25(29)35)20(32)8-7-16-18(27)9-14(26)10-19(16)28/h3-6,9-10,12,24,34H,2,7-8,11H2,1H3/t24-/m0/s1. The number of pyridine rings is 1. The second kappa shape index (κ2) is 8.30. The molecule has 1 N–H and O–H groups in total. The van der Waals surface area contributed by atoms with Crippen molar-refractivity contribution in [3.05, 3.63) is 98.2 Å². The zero-order chi connectivity index (χ0) is 25.0. The van der Waals surface area contributed by atoms with Crippen LogP contribution in [0.2, 0.25) is 0 Å². The van der Waals surface area contributed by atoms with Gasteiger partial charge in [-0.1, -0.05) is 24.3 Å². The highest BCUT2D eigenvalue weighted by Crippen LogP contribution is 2.40. The third-order valence-electron chi connectivity index (χ3n) is 6.50. The van der Waals surface area contributed by atoms with Crippen LogP contribution in [0.1, 0.15) is 57.0 Å². The zero-order valence-corrected chi connectivity index (χ0v) is 18.6. The Morgan fingerprint density at radius 2 is 1.80 bits per heavy atom. The maximum atomic E-state index is 14.0. The van der Waals surface area contributed by atoms with Crippen LogP contribution >= 0.6 is 0 Å². The van der Waals surface area contributed by atoms with Gasteiger partial charge in [-0.2, -0.15) is 0 Å². The lowest BCUT2D eigenvalue weighted by atomic mass is 10.0. The summed E-state index contributed by atoms with van der Waals surface area (Å²) < 4.78 is 42.4. The quantitative estimate of drug-likeness (QED) is 0.563. The van der Waals surface area contributed by atoms with Crippen molar-refractivity contribution in [2.24, 2.45) is 0 Å². The number of fused-ring (bicyclic) bond motifs is 5. The minimum Gasteiger partial charge on any atom is -0.502 e. The van der Waals surface area contributed by atoms with Gasteiger partial charge in [-0.25, -0.2) is 13.2 Å². The molecule has 0 saturated carbocycles. The van der Waals surface area contributed by atoms with Crippen LogP contribution in [0.4, 0.5) is 13.2 Å². The van der Waals surface area contributed by atoms with Gasteiger partial charge in [0.15, 0.2) is 17.2 Å². The molecule has 0 bridgehead atoms. The lowest BCUT2D eigenvalue weighted by Crippen LogP contribution is -2.53. The molecule has 35 heavy (non-hydrogen) atoms. The van der Waals surface area contributed by atoms with Crippen molar-refractivity contribution in [3.8, 4) is 5.75 Å². The van der Waals surface area contributed by atoms with Gasteiger partial charge in [0, 0.05) is 42.4 Å². The molecule has 0 spiro atoms. The summed E-state index contributed by atoms with van der Waals surface area (Å²) in [6.45, 7) is 2.46. The van der Waals surface area contributed by atoms with Crippen molar-refractivity contribution in [1.29, 1.82) is 0 Å². The maximum Gasteiger partial charge on any atom is 0.278 e. The van der Waals surface area contributed by atoms with E-state index in [1.165, 1.54) is 15.8 Å².